The van der Waals surface area contributed by atoms with Crippen LogP contribution in [-0.2, 0) is 6.18 Å². The van der Waals surface area contributed by atoms with E-state index >= 15 is 0 Å². The van der Waals surface area contributed by atoms with Gasteiger partial charge in [-0.25, -0.2) is 15.0 Å². The number of aromatic nitrogens is 3. The van der Waals surface area contributed by atoms with Crippen molar-refractivity contribution >= 4 is 17.3 Å². The molecule has 0 amide bonds. The minimum Gasteiger partial charge on any atom is -0.354 e. The van der Waals surface area contributed by atoms with E-state index in [1.54, 1.807) is 13.0 Å². The van der Waals surface area contributed by atoms with Gasteiger partial charge in [0.15, 0.2) is 5.01 Å². The van der Waals surface area contributed by atoms with E-state index in [9.17, 15) is 13.2 Å². The number of nitrogens with zero attached hydrogens (tertiary/aromatic N) is 3. The highest BCUT2D eigenvalue weighted by Gasteiger charge is 2.34. The van der Waals surface area contributed by atoms with Gasteiger partial charge in [-0.2, -0.15) is 13.2 Å². The summed E-state index contributed by atoms with van der Waals surface area (Å²) in [7, 11) is 0. The van der Waals surface area contributed by atoms with Gasteiger partial charge < -0.3 is 5.32 Å². The molecule has 2 aromatic rings. The number of hydrogen-bond acceptors (Lipinski definition) is 5. The van der Waals surface area contributed by atoms with Gasteiger partial charge >= 0.3 is 6.18 Å². The van der Waals surface area contributed by atoms with Gasteiger partial charge in [0.05, 0.1) is 10.6 Å². The van der Waals surface area contributed by atoms with Crippen molar-refractivity contribution < 1.29 is 13.2 Å². The van der Waals surface area contributed by atoms with Crippen LogP contribution < -0.4 is 5.32 Å². The Hall–Kier alpha value is -1.70. The van der Waals surface area contributed by atoms with Crippen LogP contribution in [0.25, 0.3) is 10.6 Å². The van der Waals surface area contributed by atoms with Crippen LogP contribution in [0.4, 0.5) is 19.1 Å². The Morgan fingerprint density at radius 1 is 1.30 bits per heavy atom. The molecule has 0 aliphatic carbocycles. The molecular formula is C12H13F3N4S. The Bertz CT molecular complexity index is 595. The highest BCUT2D eigenvalue weighted by Crippen LogP contribution is 2.35. The van der Waals surface area contributed by atoms with Crippen LogP contribution >= 0.6 is 11.3 Å². The zero-order valence-corrected chi connectivity index (χ0v) is 11.8. The van der Waals surface area contributed by atoms with E-state index in [0.717, 1.165) is 6.42 Å². The molecule has 0 atom stereocenters. The molecule has 20 heavy (non-hydrogen) atoms. The molecule has 0 radical (unpaired) electrons. The highest BCUT2D eigenvalue weighted by molar-refractivity contribution is 7.15. The molecule has 0 spiro atoms. The zero-order chi connectivity index (χ0) is 14.8. The molecule has 0 bridgehead atoms. The topological polar surface area (TPSA) is 50.7 Å². The molecule has 2 rings (SSSR count). The number of aryl methyl sites for hydroxylation is 1. The van der Waals surface area contributed by atoms with Gasteiger partial charge in [0, 0.05) is 18.4 Å². The van der Waals surface area contributed by atoms with Crippen LogP contribution in [0.3, 0.4) is 0 Å². The fourth-order valence-corrected chi connectivity index (χ4v) is 2.28. The SMILES string of the molecule is CCCNc1nc(C)cc(-c2cnc(C(F)(F)F)s2)n1. The van der Waals surface area contributed by atoms with Crippen molar-refractivity contribution in [2.75, 3.05) is 11.9 Å². The van der Waals surface area contributed by atoms with Crippen LogP contribution in [0, 0.1) is 6.92 Å². The van der Waals surface area contributed by atoms with Crippen molar-refractivity contribution in [3.05, 3.63) is 23.0 Å². The third-order valence-electron chi connectivity index (χ3n) is 2.39. The molecule has 8 heteroatoms. The van der Waals surface area contributed by atoms with Crippen molar-refractivity contribution in [3.8, 4) is 10.6 Å². The fourth-order valence-electron chi connectivity index (χ4n) is 1.53. The number of anilines is 1. The molecule has 0 saturated heterocycles. The number of thiazole rings is 1. The summed E-state index contributed by atoms with van der Waals surface area (Å²) in [5.74, 6) is 0.420. The fraction of sp³-hybridized carbons (Fsp3) is 0.417. The van der Waals surface area contributed by atoms with Gasteiger partial charge in [-0.3, -0.25) is 0 Å². The number of alkyl halides is 3. The Labute approximate surface area is 118 Å². The summed E-state index contributed by atoms with van der Waals surface area (Å²) in [6.45, 7) is 4.48. The Kier molecular flexibility index (Phi) is 4.22. The van der Waals surface area contributed by atoms with Gasteiger partial charge in [0.2, 0.25) is 5.95 Å². The smallest absolute Gasteiger partial charge is 0.354 e. The number of hydrogen-bond donors (Lipinski definition) is 1. The second-order valence-electron chi connectivity index (χ2n) is 4.17. The normalized spacial score (nSPS) is 11.7. The summed E-state index contributed by atoms with van der Waals surface area (Å²) < 4.78 is 37.6. The van der Waals surface area contributed by atoms with Gasteiger partial charge in [0.25, 0.3) is 0 Å². The lowest BCUT2D eigenvalue weighted by atomic mass is 10.3. The molecule has 0 fully saturated rings. The molecule has 0 saturated carbocycles. The molecule has 108 valence electrons. The molecule has 0 unspecified atom stereocenters. The van der Waals surface area contributed by atoms with Crippen LogP contribution in [0.2, 0.25) is 0 Å². The van der Waals surface area contributed by atoms with Gasteiger partial charge in [-0.15, -0.1) is 11.3 Å². The lowest BCUT2D eigenvalue weighted by Gasteiger charge is -2.06. The van der Waals surface area contributed by atoms with Gasteiger partial charge in [-0.1, -0.05) is 6.92 Å². The van der Waals surface area contributed by atoms with E-state index in [-0.39, 0.29) is 0 Å². The van der Waals surface area contributed by atoms with E-state index in [1.165, 1.54) is 6.20 Å². The van der Waals surface area contributed by atoms with Crippen molar-refractivity contribution in [1.29, 1.82) is 0 Å². The number of halogens is 3. The molecule has 4 nitrogen and oxygen atoms in total. The van der Waals surface area contributed by atoms with Crippen molar-refractivity contribution in [3.63, 3.8) is 0 Å². The minimum atomic E-state index is -4.42. The summed E-state index contributed by atoms with van der Waals surface area (Å²) in [6, 6.07) is 1.64. The number of nitrogens with one attached hydrogen (secondary N) is 1. The largest absolute Gasteiger partial charge is 0.443 e. The molecule has 2 heterocycles. The maximum atomic E-state index is 12.5. The first-order chi connectivity index (χ1) is 9.40. The third kappa shape index (κ3) is 3.44. The maximum absolute atomic E-state index is 12.5. The predicted octanol–water partition coefficient (Wildman–Crippen LogP) is 3.75. The first-order valence-electron chi connectivity index (χ1n) is 6.03. The first kappa shape index (κ1) is 14.7. The summed E-state index contributed by atoms with van der Waals surface area (Å²) in [6.07, 6.45) is -2.32. The first-order valence-corrected chi connectivity index (χ1v) is 6.84. The van der Waals surface area contributed by atoms with E-state index in [2.05, 4.69) is 20.3 Å². The predicted molar refractivity (Wildman–Crippen MR) is 71.7 cm³/mol. The van der Waals surface area contributed by atoms with Crippen LogP contribution in [0.5, 0.6) is 0 Å². The van der Waals surface area contributed by atoms with Gasteiger partial charge in [-0.05, 0) is 19.4 Å². The summed E-state index contributed by atoms with van der Waals surface area (Å²) in [5.41, 5.74) is 1.14. The third-order valence-corrected chi connectivity index (χ3v) is 3.45. The highest BCUT2D eigenvalue weighted by atomic mass is 32.1. The standard InChI is InChI=1S/C12H13F3N4S/c1-3-4-16-11-18-7(2)5-8(19-11)9-6-17-10(20-9)12(13,14)15/h5-6H,3-4H2,1-2H3,(H,16,18,19). The second kappa shape index (κ2) is 5.74. The molecule has 0 aliphatic rings. The average Bonchev–Trinajstić information content (AvgIpc) is 2.85. The van der Waals surface area contributed by atoms with Crippen molar-refractivity contribution in [2.24, 2.45) is 0 Å². The Morgan fingerprint density at radius 2 is 2.05 bits per heavy atom. The number of rotatable bonds is 4. The van der Waals surface area contributed by atoms with E-state index in [4.69, 9.17) is 0 Å². The minimum absolute atomic E-state index is 0.377. The molecule has 2 aromatic heterocycles. The summed E-state index contributed by atoms with van der Waals surface area (Å²) >= 11 is 0.580. The van der Waals surface area contributed by atoms with Crippen LogP contribution in [0.15, 0.2) is 12.3 Å². The Balaban J connectivity index is 2.32. The Morgan fingerprint density at radius 3 is 2.65 bits per heavy atom. The quantitative estimate of drug-likeness (QED) is 0.934. The van der Waals surface area contributed by atoms with Crippen molar-refractivity contribution in [2.45, 2.75) is 26.4 Å². The van der Waals surface area contributed by atoms with Crippen LogP contribution in [-0.4, -0.2) is 21.5 Å². The van der Waals surface area contributed by atoms with Crippen LogP contribution in [0.1, 0.15) is 24.0 Å². The molecule has 0 aliphatic heterocycles. The van der Waals surface area contributed by atoms with Crippen molar-refractivity contribution in [1.82, 2.24) is 15.0 Å². The zero-order valence-electron chi connectivity index (χ0n) is 11.0. The molecular weight excluding hydrogens is 289 g/mol. The lowest BCUT2D eigenvalue weighted by Crippen LogP contribution is -2.05. The molecule has 1 N–H and O–H groups in total. The maximum Gasteiger partial charge on any atom is 0.443 e. The average molecular weight is 302 g/mol. The van der Waals surface area contributed by atoms with E-state index in [0.29, 0.717) is 40.1 Å². The summed E-state index contributed by atoms with van der Waals surface area (Å²) in [5, 5.41) is 2.15. The van der Waals surface area contributed by atoms with E-state index in [1.807, 2.05) is 6.92 Å². The van der Waals surface area contributed by atoms with E-state index < -0.39 is 11.2 Å². The molecule has 0 aromatic carbocycles. The lowest BCUT2D eigenvalue weighted by molar-refractivity contribution is -0.137. The monoisotopic (exact) mass is 302 g/mol. The van der Waals surface area contributed by atoms with Gasteiger partial charge in [0.1, 0.15) is 0 Å². The summed E-state index contributed by atoms with van der Waals surface area (Å²) in [4.78, 5) is 12.2. The second-order valence-corrected chi connectivity index (χ2v) is 5.20.